The summed E-state index contributed by atoms with van der Waals surface area (Å²) in [5.41, 5.74) is 0. The monoisotopic (exact) mass is 204 g/mol. The zero-order valence-corrected chi connectivity index (χ0v) is 8.59. The minimum atomic E-state index is -0.946. The molecule has 0 aromatic rings. The average molecular weight is 204 g/mol. The number of hydrogen-bond donors (Lipinski definition) is 3. The van der Waals surface area contributed by atoms with Crippen molar-refractivity contribution in [1.82, 2.24) is 0 Å². The van der Waals surface area contributed by atoms with E-state index in [2.05, 4.69) is 6.92 Å². The van der Waals surface area contributed by atoms with E-state index in [-0.39, 0.29) is 12.7 Å². The largest absolute Gasteiger partial charge is 0.394 e. The summed E-state index contributed by atoms with van der Waals surface area (Å²) in [6.07, 6.45) is 1.13. The summed E-state index contributed by atoms with van der Waals surface area (Å²) in [5.74, 6) is 0. The molecule has 0 amide bonds. The Morgan fingerprint density at radius 1 is 1.36 bits per heavy atom. The molecule has 0 aromatic carbocycles. The Labute approximate surface area is 84.5 Å². The van der Waals surface area contributed by atoms with E-state index in [1.807, 2.05) is 0 Å². The Morgan fingerprint density at radius 2 is 2.07 bits per heavy atom. The van der Waals surface area contributed by atoms with Crippen LogP contribution in [0, 0.1) is 0 Å². The third kappa shape index (κ3) is 2.92. The van der Waals surface area contributed by atoms with Gasteiger partial charge in [0.25, 0.3) is 0 Å². The molecule has 0 radical (unpaired) electrons. The molecule has 4 atom stereocenters. The fourth-order valence-electron chi connectivity index (χ4n) is 1.81. The number of rotatable bonds is 4. The van der Waals surface area contributed by atoms with Crippen LogP contribution < -0.4 is 0 Å². The van der Waals surface area contributed by atoms with E-state index < -0.39 is 18.3 Å². The Hall–Kier alpha value is -0.160. The van der Waals surface area contributed by atoms with E-state index in [0.717, 1.165) is 19.3 Å². The minimum absolute atomic E-state index is 0.0227. The molecule has 3 N–H and O–H groups in total. The predicted molar refractivity (Wildman–Crippen MR) is 51.9 cm³/mol. The van der Waals surface area contributed by atoms with Crippen LogP contribution in [-0.2, 0) is 4.74 Å². The fourth-order valence-corrected chi connectivity index (χ4v) is 1.81. The van der Waals surface area contributed by atoms with Crippen LogP contribution in [0.2, 0.25) is 0 Å². The molecule has 0 aromatic heterocycles. The van der Waals surface area contributed by atoms with Crippen LogP contribution in [0.3, 0.4) is 0 Å². The van der Waals surface area contributed by atoms with Gasteiger partial charge in [0.1, 0.15) is 12.2 Å². The zero-order chi connectivity index (χ0) is 10.6. The highest BCUT2D eigenvalue weighted by molar-refractivity contribution is 4.84. The minimum Gasteiger partial charge on any atom is -0.394 e. The Bertz CT molecular complexity index is 162. The Balaban J connectivity index is 2.41. The van der Waals surface area contributed by atoms with Crippen molar-refractivity contribution in [2.24, 2.45) is 0 Å². The molecule has 14 heavy (non-hydrogen) atoms. The van der Waals surface area contributed by atoms with Crippen molar-refractivity contribution in [2.75, 3.05) is 6.61 Å². The first kappa shape index (κ1) is 11.9. The maximum Gasteiger partial charge on any atom is 0.109 e. The molecule has 1 unspecified atom stereocenters. The van der Waals surface area contributed by atoms with Crippen molar-refractivity contribution in [1.29, 1.82) is 0 Å². The van der Waals surface area contributed by atoms with Crippen molar-refractivity contribution < 1.29 is 20.1 Å². The van der Waals surface area contributed by atoms with Crippen LogP contribution in [0.4, 0.5) is 0 Å². The van der Waals surface area contributed by atoms with Crippen LogP contribution in [-0.4, -0.2) is 46.3 Å². The molecule has 84 valence electrons. The summed E-state index contributed by atoms with van der Waals surface area (Å²) < 4.78 is 5.46. The zero-order valence-electron chi connectivity index (χ0n) is 8.59. The van der Waals surface area contributed by atoms with E-state index in [4.69, 9.17) is 9.84 Å². The number of ether oxygens (including phenoxy) is 1. The van der Waals surface area contributed by atoms with Gasteiger partial charge in [-0.25, -0.2) is 0 Å². The summed E-state index contributed by atoms with van der Waals surface area (Å²) in [7, 11) is 0. The maximum absolute atomic E-state index is 9.51. The van der Waals surface area contributed by atoms with E-state index in [1.54, 1.807) is 0 Å². The molecule has 4 nitrogen and oxygen atoms in total. The summed E-state index contributed by atoms with van der Waals surface area (Å²) in [5, 5.41) is 27.9. The highest BCUT2D eigenvalue weighted by atomic mass is 16.5. The second-order valence-electron chi connectivity index (χ2n) is 3.91. The molecule has 0 spiro atoms. The topological polar surface area (TPSA) is 69.9 Å². The smallest absolute Gasteiger partial charge is 0.109 e. The second-order valence-corrected chi connectivity index (χ2v) is 3.91. The van der Waals surface area contributed by atoms with E-state index in [1.165, 1.54) is 0 Å². The Morgan fingerprint density at radius 3 is 2.64 bits per heavy atom. The third-order valence-electron chi connectivity index (χ3n) is 2.71. The first-order valence-electron chi connectivity index (χ1n) is 5.31. The molecule has 1 saturated heterocycles. The van der Waals surface area contributed by atoms with E-state index in [0.29, 0.717) is 6.42 Å². The van der Waals surface area contributed by atoms with E-state index >= 15 is 0 Å². The Kier molecular flexibility index (Phi) is 4.81. The lowest BCUT2D eigenvalue weighted by molar-refractivity contribution is -0.180. The van der Waals surface area contributed by atoms with Gasteiger partial charge in [-0.05, 0) is 6.42 Å². The first-order chi connectivity index (χ1) is 6.69. The highest BCUT2D eigenvalue weighted by Gasteiger charge is 2.35. The molecule has 1 aliphatic rings. The lowest BCUT2D eigenvalue weighted by Gasteiger charge is -2.36. The molecule has 0 saturated carbocycles. The van der Waals surface area contributed by atoms with Gasteiger partial charge in [0.2, 0.25) is 0 Å². The number of aliphatic hydroxyl groups excluding tert-OH is 3. The van der Waals surface area contributed by atoms with Crippen molar-refractivity contribution >= 4 is 0 Å². The molecular formula is C10H20O4. The molecule has 4 heteroatoms. The van der Waals surface area contributed by atoms with Gasteiger partial charge in [-0.3, -0.25) is 0 Å². The SMILES string of the molecule is CCCCC1C[C@@H](O)[C@@H](O)[C@@H](CO)O1. The van der Waals surface area contributed by atoms with Gasteiger partial charge >= 0.3 is 0 Å². The molecule has 0 aliphatic carbocycles. The van der Waals surface area contributed by atoms with Gasteiger partial charge in [0.15, 0.2) is 0 Å². The molecule has 1 fully saturated rings. The lowest BCUT2D eigenvalue weighted by atomic mass is 9.95. The van der Waals surface area contributed by atoms with Gasteiger partial charge in [-0.2, -0.15) is 0 Å². The fraction of sp³-hybridized carbons (Fsp3) is 1.00. The summed E-state index contributed by atoms with van der Waals surface area (Å²) in [6.45, 7) is 1.86. The number of aliphatic hydroxyl groups is 3. The average Bonchev–Trinajstić information content (AvgIpc) is 2.19. The first-order valence-corrected chi connectivity index (χ1v) is 5.31. The third-order valence-corrected chi connectivity index (χ3v) is 2.71. The van der Waals surface area contributed by atoms with Crippen molar-refractivity contribution in [2.45, 2.75) is 57.0 Å². The second kappa shape index (κ2) is 5.66. The number of unbranched alkanes of at least 4 members (excludes halogenated alkanes) is 1. The summed E-state index contributed by atoms with van der Waals surface area (Å²) in [6, 6.07) is 0. The standard InChI is InChI=1S/C10H20O4/c1-2-3-4-7-5-8(12)10(13)9(6-11)14-7/h7-13H,2-6H2,1H3/t7?,8-,9-,10-/m1/s1. The van der Waals surface area contributed by atoms with Crippen molar-refractivity contribution in [3.8, 4) is 0 Å². The van der Waals surface area contributed by atoms with Gasteiger partial charge in [0, 0.05) is 6.42 Å². The molecule has 1 aliphatic heterocycles. The van der Waals surface area contributed by atoms with Crippen molar-refractivity contribution in [3.63, 3.8) is 0 Å². The van der Waals surface area contributed by atoms with Crippen molar-refractivity contribution in [3.05, 3.63) is 0 Å². The van der Waals surface area contributed by atoms with Gasteiger partial charge in [-0.1, -0.05) is 19.8 Å². The van der Waals surface area contributed by atoms with Gasteiger partial charge < -0.3 is 20.1 Å². The summed E-state index contributed by atoms with van der Waals surface area (Å²) in [4.78, 5) is 0. The summed E-state index contributed by atoms with van der Waals surface area (Å²) >= 11 is 0. The van der Waals surface area contributed by atoms with Crippen LogP contribution in [0.15, 0.2) is 0 Å². The molecular weight excluding hydrogens is 184 g/mol. The van der Waals surface area contributed by atoms with Crippen LogP contribution >= 0.6 is 0 Å². The predicted octanol–water partition coefficient (Wildman–Crippen LogP) is 0.0482. The van der Waals surface area contributed by atoms with Crippen LogP contribution in [0.1, 0.15) is 32.6 Å². The quantitative estimate of drug-likeness (QED) is 0.605. The lowest BCUT2D eigenvalue weighted by Crippen LogP contribution is -2.49. The molecule has 1 heterocycles. The van der Waals surface area contributed by atoms with E-state index in [9.17, 15) is 10.2 Å². The van der Waals surface area contributed by atoms with Crippen LogP contribution in [0.5, 0.6) is 0 Å². The van der Waals surface area contributed by atoms with Crippen LogP contribution in [0.25, 0.3) is 0 Å². The van der Waals surface area contributed by atoms with Gasteiger partial charge in [-0.15, -0.1) is 0 Å². The highest BCUT2D eigenvalue weighted by Crippen LogP contribution is 2.23. The normalized spacial score (nSPS) is 38.6. The molecule has 1 rings (SSSR count). The van der Waals surface area contributed by atoms with Gasteiger partial charge in [0.05, 0.1) is 18.8 Å². The number of hydrogen-bond acceptors (Lipinski definition) is 4. The maximum atomic E-state index is 9.51. The molecule has 0 bridgehead atoms.